The number of rotatable bonds is 9. The molecular weight excluding hydrogens is 530 g/mol. The third-order valence-electron chi connectivity index (χ3n) is 7.78. The molecule has 12 nitrogen and oxygen atoms in total. The molecular formula is C27H31N9O3S. The van der Waals surface area contributed by atoms with Gasteiger partial charge in [-0.1, -0.05) is 0 Å². The highest BCUT2D eigenvalue weighted by atomic mass is 32.1. The van der Waals surface area contributed by atoms with E-state index in [1.54, 1.807) is 36.1 Å². The van der Waals surface area contributed by atoms with Crippen LogP contribution in [-0.4, -0.2) is 72.7 Å². The van der Waals surface area contributed by atoms with Crippen LogP contribution in [0.2, 0.25) is 0 Å². The third kappa shape index (κ3) is 5.34. The lowest BCUT2D eigenvalue weighted by Crippen LogP contribution is -2.50. The van der Waals surface area contributed by atoms with Crippen LogP contribution >= 0.6 is 11.3 Å². The van der Waals surface area contributed by atoms with E-state index in [-0.39, 0.29) is 18.4 Å². The predicted molar refractivity (Wildman–Crippen MR) is 150 cm³/mol. The van der Waals surface area contributed by atoms with E-state index in [9.17, 15) is 14.4 Å². The maximum Gasteiger partial charge on any atom is 0.260 e. The number of pyridine rings is 1. The maximum atomic E-state index is 13.2. The Labute approximate surface area is 234 Å². The molecule has 0 radical (unpaired) electrons. The monoisotopic (exact) mass is 561 g/mol. The van der Waals surface area contributed by atoms with Gasteiger partial charge in [0, 0.05) is 49.8 Å². The van der Waals surface area contributed by atoms with Crippen LogP contribution in [-0.2, 0) is 11.3 Å². The highest BCUT2D eigenvalue weighted by Gasteiger charge is 2.33. The second kappa shape index (κ2) is 10.8. The van der Waals surface area contributed by atoms with Crippen LogP contribution in [0.25, 0.3) is 15.3 Å². The summed E-state index contributed by atoms with van der Waals surface area (Å²) in [5.74, 6) is -0.239. The number of thiazole rings is 1. The molecule has 13 heteroatoms. The summed E-state index contributed by atoms with van der Waals surface area (Å²) in [6.07, 6.45) is 13.4. The minimum Gasteiger partial charge on any atom is -0.368 e. The van der Waals surface area contributed by atoms with Gasteiger partial charge >= 0.3 is 0 Å². The molecule has 3 aliphatic rings. The van der Waals surface area contributed by atoms with Gasteiger partial charge in [0.25, 0.3) is 11.8 Å². The molecule has 3 fully saturated rings. The number of anilines is 1. The van der Waals surface area contributed by atoms with Gasteiger partial charge < -0.3 is 16.4 Å². The predicted octanol–water partition coefficient (Wildman–Crippen LogP) is 2.30. The molecule has 1 aliphatic carbocycles. The fourth-order valence-corrected chi connectivity index (χ4v) is 6.68. The molecule has 2 aliphatic heterocycles. The van der Waals surface area contributed by atoms with Gasteiger partial charge in [0.2, 0.25) is 5.91 Å². The number of carbonyl (C=O) groups excluding carboxylic acids is 3. The van der Waals surface area contributed by atoms with E-state index in [4.69, 9.17) is 5.73 Å². The first-order chi connectivity index (χ1) is 19.3. The molecule has 40 heavy (non-hydrogen) atoms. The van der Waals surface area contributed by atoms with E-state index < -0.39 is 5.91 Å². The molecule has 1 saturated carbocycles. The van der Waals surface area contributed by atoms with Crippen molar-refractivity contribution in [3.05, 3.63) is 53.9 Å². The van der Waals surface area contributed by atoms with Gasteiger partial charge in [-0.25, -0.2) is 4.52 Å². The van der Waals surface area contributed by atoms with Crippen molar-refractivity contribution in [1.82, 2.24) is 34.6 Å². The van der Waals surface area contributed by atoms with E-state index in [0.717, 1.165) is 29.4 Å². The normalized spacial score (nSPS) is 18.7. The Kier molecular flexibility index (Phi) is 7.07. The van der Waals surface area contributed by atoms with E-state index in [1.165, 1.54) is 54.1 Å². The van der Waals surface area contributed by atoms with Gasteiger partial charge in [-0.15, -0.1) is 11.3 Å². The van der Waals surface area contributed by atoms with Crippen molar-refractivity contribution < 1.29 is 14.4 Å². The molecule has 0 atom stereocenters. The van der Waals surface area contributed by atoms with Crippen molar-refractivity contribution in [1.29, 1.82) is 0 Å². The summed E-state index contributed by atoms with van der Waals surface area (Å²) in [6.45, 7) is 4.33. The first-order valence-corrected chi connectivity index (χ1v) is 14.2. The standard InChI is InChI=1S/C27H31N9O3S/c1-16-22(8-18(9-30-16)25(38)29-6-7-34-12-17-2-4-20(34)5-3-17)33-26(39)21-11-32-36-14-23(40-27(21)36)19-10-31-35(13-19)15-24(28)37/h8-11,13-14,17,20H,2-7,12,15H2,1H3,(H2,28,37)(H,29,38)(H,33,39). The zero-order valence-corrected chi connectivity index (χ0v) is 23.0. The highest BCUT2D eigenvalue weighted by molar-refractivity contribution is 7.21. The molecule has 7 rings (SSSR count). The van der Waals surface area contributed by atoms with Crippen LogP contribution in [0.4, 0.5) is 5.69 Å². The first kappa shape index (κ1) is 26.1. The molecule has 2 bridgehead atoms. The number of hydrogen-bond acceptors (Lipinski definition) is 8. The third-order valence-corrected chi connectivity index (χ3v) is 8.94. The van der Waals surface area contributed by atoms with Gasteiger partial charge in [-0.05, 0) is 44.6 Å². The number of piperidine rings is 2. The lowest BCUT2D eigenvalue weighted by Gasteiger charge is -2.45. The fourth-order valence-electron chi connectivity index (χ4n) is 5.65. The second-order valence-corrected chi connectivity index (χ2v) is 11.6. The van der Waals surface area contributed by atoms with E-state index >= 15 is 0 Å². The minimum absolute atomic E-state index is 0.0139. The topological polar surface area (TPSA) is 153 Å². The Bertz CT molecular complexity index is 1580. The smallest absolute Gasteiger partial charge is 0.260 e. The van der Waals surface area contributed by atoms with Crippen molar-refractivity contribution in [2.75, 3.05) is 25.0 Å². The van der Waals surface area contributed by atoms with E-state index in [1.807, 2.05) is 0 Å². The molecule has 208 valence electrons. The number of carbonyl (C=O) groups is 3. The number of hydrogen-bond donors (Lipinski definition) is 3. The van der Waals surface area contributed by atoms with Gasteiger partial charge in [0.05, 0.1) is 39.8 Å². The summed E-state index contributed by atoms with van der Waals surface area (Å²) < 4.78 is 3.09. The largest absolute Gasteiger partial charge is 0.368 e. The lowest BCUT2D eigenvalue weighted by atomic mass is 9.80. The van der Waals surface area contributed by atoms with Crippen molar-refractivity contribution in [2.45, 2.75) is 45.2 Å². The molecule has 4 aromatic heterocycles. The molecule has 4 aromatic rings. The van der Waals surface area contributed by atoms with Crippen LogP contribution in [0.3, 0.4) is 0 Å². The number of nitrogens with one attached hydrogen (secondary N) is 2. The molecule has 0 unspecified atom stereocenters. The van der Waals surface area contributed by atoms with E-state index in [0.29, 0.717) is 39.9 Å². The van der Waals surface area contributed by atoms with Gasteiger partial charge in [0.1, 0.15) is 11.4 Å². The molecule has 4 N–H and O–H groups in total. The van der Waals surface area contributed by atoms with Crippen LogP contribution in [0, 0.1) is 12.8 Å². The highest BCUT2D eigenvalue weighted by Crippen LogP contribution is 2.34. The van der Waals surface area contributed by atoms with Gasteiger partial charge in [-0.3, -0.25) is 28.9 Å². The molecule has 0 aromatic carbocycles. The zero-order chi connectivity index (χ0) is 27.8. The van der Waals surface area contributed by atoms with Crippen LogP contribution in [0.15, 0.2) is 37.1 Å². The Hall–Kier alpha value is -4.10. The molecule has 3 amide bonds. The average molecular weight is 562 g/mol. The summed E-state index contributed by atoms with van der Waals surface area (Å²) in [5.41, 5.74) is 7.89. The van der Waals surface area contributed by atoms with Gasteiger partial charge in [0.15, 0.2) is 0 Å². The minimum atomic E-state index is -0.481. The quantitative estimate of drug-likeness (QED) is 0.283. The number of amides is 3. The average Bonchev–Trinajstić information content (AvgIpc) is 3.66. The van der Waals surface area contributed by atoms with Crippen molar-refractivity contribution in [3.8, 4) is 10.4 Å². The van der Waals surface area contributed by atoms with Crippen LogP contribution in [0.1, 0.15) is 52.1 Å². The molecule has 6 heterocycles. The zero-order valence-electron chi connectivity index (χ0n) is 22.2. The second-order valence-electron chi connectivity index (χ2n) is 10.5. The van der Waals surface area contributed by atoms with Crippen molar-refractivity contribution >= 4 is 39.6 Å². The maximum absolute atomic E-state index is 13.2. The van der Waals surface area contributed by atoms with Crippen molar-refractivity contribution in [3.63, 3.8) is 0 Å². The summed E-state index contributed by atoms with van der Waals surface area (Å²) in [7, 11) is 0. The van der Waals surface area contributed by atoms with Crippen LogP contribution < -0.4 is 16.4 Å². The molecule has 0 spiro atoms. The number of primary amides is 1. The Balaban J connectivity index is 1.11. The summed E-state index contributed by atoms with van der Waals surface area (Å²) in [6, 6.07) is 2.31. The number of nitrogens with zero attached hydrogens (tertiary/aromatic N) is 6. The first-order valence-electron chi connectivity index (χ1n) is 13.4. The van der Waals surface area contributed by atoms with Crippen molar-refractivity contribution in [2.24, 2.45) is 11.7 Å². The number of nitrogens with two attached hydrogens (primary N) is 1. The summed E-state index contributed by atoms with van der Waals surface area (Å²) in [5, 5.41) is 14.4. The van der Waals surface area contributed by atoms with E-state index in [2.05, 4.69) is 30.7 Å². The van der Waals surface area contributed by atoms with Gasteiger partial charge in [-0.2, -0.15) is 10.2 Å². The lowest BCUT2D eigenvalue weighted by molar-refractivity contribution is -0.118. The Morgan fingerprint density at radius 1 is 1.07 bits per heavy atom. The molecule has 2 saturated heterocycles. The summed E-state index contributed by atoms with van der Waals surface area (Å²) >= 11 is 1.38. The van der Waals surface area contributed by atoms with Crippen LogP contribution in [0.5, 0.6) is 0 Å². The summed E-state index contributed by atoms with van der Waals surface area (Å²) in [4.78, 5) is 45.6. The Morgan fingerprint density at radius 2 is 1.90 bits per heavy atom. The Morgan fingerprint density at radius 3 is 2.65 bits per heavy atom. The fraction of sp³-hybridized carbons (Fsp3) is 0.407. The number of fused-ring (bicyclic) bond motifs is 4. The number of aryl methyl sites for hydroxylation is 1. The SMILES string of the molecule is Cc1ncc(C(=O)NCCN2CC3CCC2CC3)cc1NC(=O)c1cnn2cc(-c3cnn(CC(N)=O)c3)sc12. The number of aromatic nitrogens is 5.